The summed E-state index contributed by atoms with van der Waals surface area (Å²) in [5.74, 6) is -0.447. The second-order valence-electron chi connectivity index (χ2n) is 4.58. The summed E-state index contributed by atoms with van der Waals surface area (Å²) in [5, 5.41) is 29.3. The van der Waals surface area contributed by atoms with Crippen molar-refractivity contribution in [3.8, 4) is 23.0 Å². The van der Waals surface area contributed by atoms with E-state index in [0.29, 0.717) is 0 Å². The monoisotopic (exact) mass is 304 g/mol. The van der Waals surface area contributed by atoms with Crippen molar-refractivity contribution in [1.82, 2.24) is 0 Å². The number of benzene rings is 2. The second kappa shape index (κ2) is 6.36. The van der Waals surface area contributed by atoms with Gasteiger partial charge < -0.3 is 24.8 Å². The molecule has 2 aromatic rings. The van der Waals surface area contributed by atoms with E-state index in [1.807, 2.05) is 0 Å². The lowest BCUT2D eigenvalue weighted by molar-refractivity contribution is 0.0746. The Hall–Kier alpha value is -2.73. The molecule has 0 unspecified atom stereocenters. The lowest BCUT2D eigenvalue weighted by Gasteiger charge is -2.13. The number of hydrogen-bond acceptors (Lipinski definition) is 6. The number of rotatable bonds is 5. The molecule has 1 atom stereocenters. The van der Waals surface area contributed by atoms with Crippen LogP contribution >= 0.6 is 0 Å². The summed E-state index contributed by atoms with van der Waals surface area (Å²) in [7, 11) is 2.74. The summed E-state index contributed by atoms with van der Waals surface area (Å²) >= 11 is 0. The zero-order valence-corrected chi connectivity index (χ0v) is 12.1. The first-order valence-corrected chi connectivity index (χ1v) is 6.44. The number of carbonyl (C=O) groups is 1. The highest BCUT2D eigenvalue weighted by Gasteiger charge is 2.21. The van der Waals surface area contributed by atoms with Gasteiger partial charge in [0, 0.05) is 5.56 Å². The lowest BCUT2D eigenvalue weighted by Crippen LogP contribution is -2.12. The maximum atomic E-state index is 12.3. The van der Waals surface area contributed by atoms with Crippen LogP contribution in [0.15, 0.2) is 36.4 Å². The van der Waals surface area contributed by atoms with E-state index in [1.165, 1.54) is 50.6 Å². The van der Waals surface area contributed by atoms with Gasteiger partial charge in [-0.15, -0.1) is 0 Å². The highest BCUT2D eigenvalue weighted by molar-refractivity contribution is 6.00. The van der Waals surface area contributed by atoms with Crippen LogP contribution in [0, 0.1) is 0 Å². The van der Waals surface area contributed by atoms with Gasteiger partial charge in [-0.3, -0.25) is 4.79 Å². The van der Waals surface area contributed by atoms with Gasteiger partial charge in [0.2, 0.25) is 0 Å². The standard InChI is InChI=1S/C16H16O6/c1-21-13-7-9(3-5-11(13)17)15(19)16(20)10-4-6-12(18)14(8-10)22-2/h3-8,15,17-19H,1-2H3/t15-/m0/s1. The summed E-state index contributed by atoms with van der Waals surface area (Å²) in [6, 6.07) is 8.20. The number of ether oxygens (including phenoxy) is 2. The van der Waals surface area contributed by atoms with Crippen molar-refractivity contribution >= 4 is 5.78 Å². The third-order valence-corrected chi connectivity index (χ3v) is 3.23. The Balaban J connectivity index is 2.32. The van der Waals surface area contributed by atoms with E-state index in [-0.39, 0.29) is 34.1 Å². The number of ketones is 1. The minimum atomic E-state index is -1.43. The average molecular weight is 304 g/mol. The highest BCUT2D eigenvalue weighted by Crippen LogP contribution is 2.32. The second-order valence-corrected chi connectivity index (χ2v) is 4.58. The molecule has 6 nitrogen and oxygen atoms in total. The van der Waals surface area contributed by atoms with Crippen LogP contribution in [0.2, 0.25) is 0 Å². The first kappa shape index (κ1) is 15.7. The maximum absolute atomic E-state index is 12.3. The third-order valence-electron chi connectivity index (χ3n) is 3.23. The molecule has 0 amide bonds. The van der Waals surface area contributed by atoms with Gasteiger partial charge >= 0.3 is 0 Å². The van der Waals surface area contributed by atoms with Gasteiger partial charge in [0.1, 0.15) is 6.10 Å². The molecule has 22 heavy (non-hydrogen) atoms. The zero-order chi connectivity index (χ0) is 16.3. The van der Waals surface area contributed by atoms with Crippen molar-refractivity contribution in [2.45, 2.75) is 6.10 Å². The Labute approximate surface area is 127 Å². The van der Waals surface area contributed by atoms with Gasteiger partial charge in [0.05, 0.1) is 14.2 Å². The molecule has 0 aliphatic rings. The molecule has 0 radical (unpaired) electrons. The Morgan fingerprint density at radius 3 is 2.09 bits per heavy atom. The van der Waals surface area contributed by atoms with Gasteiger partial charge in [0.15, 0.2) is 28.8 Å². The molecule has 0 aliphatic heterocycles. The largest absolute Gasteiger partial charge is 0.504 e. The molecule has 0 saturated carbocycles. The smallest absolute Gasteiger partial charge is 0.195 e. The number of hydrogen-bond donors (Lipinski definition) is 3. The summed E-state index contributed by atoms with van der Waals surface area (Å²) in [6.07, 6.45) is -1.43. The normalized spacial score (nSPS) is 11.8. The molecule has 2 rings (SSSR count). The number of aliphatic hydroxyl groups is 1. The number of carbonyl (C=O) groups excluding carboxylic acids is 1. The highest BCUT2D eigenvalue weighted by atomic mass is 16.5. The number of methoxy groups -OCH3 is 2. The van der Waals surface area contributed by atoms with Crippen molar-refractivity contribution < 1.29 is 29.6 Å². The molecule has 2 aromatic carbocycles. The van der Waals surface area contributed by atoms with Gasteiger partial charge in [-0.25, -0.2) is 0 Å². The number of phenolic OH excluding ortho intramolecular Hbond substituents is 2. The van der Waals surface area contributed by atoms with Gasteiger partial charge in [-0.2, -0.15) is 0 Å². The minimum Gasteiger partial charge on any atom is -0.504 e. The van der Waals surface area contributed by atoms with Gasteiger partial charge in [0.25, 0.3) is 0 Å². The minimum absolute atomic E-state index is 0.0859. The molecule has 0 saturated heterocycles. The van der Waals surface area contributed by atoms with E-state index in [2.05, 4.69) is 0 Å². The molecule has 6 heteroatoms. The predicted octanol–water partition coefficient (Wildman–Crippen LogP) is 2.03. The van der Waals surface area contributed by atoms with Crippen LogP contribution in [0.5, 0.6) is 23.0 Å². The molecular weight excluding hydrogens is 288 g/mol. The molecule has 0 aromatic heterocycles. The average Bonchev–Trinajstić information content (AvgIpc) is 2.54. The van der Waals surface area contributed by atoms with Crippen molar-refractivity contribution in [3.05, 3.63) is 47.5 Å². The fourth-order valence-corrected chi connectivity index (χ4v) is 2.00. The third kappa shape index (κ3) is 2.96. The molecular formula is C16H16O6. The predicted molar refractivity (Wildman–Crippen MR) is 78.6 cm³/mol. The molecule has 0 fully saturated rings. The topological polar surface area (TPSA) is 96.2 Å². The van der Waals surface area contributed by atoms with Crippen LogP contribution < -0.4 is 9.47 Å². The maximum Gasteiger partial charge on any atom is 0.195 e. The summed E-state index contributed by atoms with van der Waals surface area (Å²) in [4.78, 5) is 12.3. The van der Waals surface area contributed by atoms with E-state index in [9.17, 15) is 20.1 Å². The molecule has 0 bridgehead atoms. The van der Waals surface area contributed by atoms with Gasteiger partial charge in [-0.05, 0) is 35.9 Å². The Kier molecular flexibility index (Phi) is 4.53. The fraction of sp³-hybridized carbons (Fsp3) is 0.188. The zero-order valence-electron chi connectivity index (χ0n) is 12.1. The Morgan fingerprint density at radius 2 is 1.50 bits per heavy atom. The van der Waals surface area contributed by atoms with Crippen LogP contribution in [0.25, 0.3) is 0 Å². The van der Waals surface area contributed by atoms with E-state index in [1.54, 1.807) is 0 Å². The van der Waals surface area contributed by atoms with Crippen LogP contribution in [-0.2, 0) is 0 Å². The van der Waals surface area contributed by atoms with E-state index < -0.39 is 11.9 Å². The van der Waals surface area contributed by atoms with E-state index >= 15 is 0 Å². The number of aromatic hydroxyl groups is 2. The summed E-state index contributed by atoms with van der Waals surface area (Å²) < 4.78 is 9.88. The first-order valence-electron chi connectivity index (χ1n) is 6.44. The van der Waals surface area contributed by atoms with Crippen molar-refractivity contribution in [2.75, 3.05) is 14.2 Å². The number of Topliss-reactive ketones (excluding diaryl/α,β-unsaturated/α-hetero) is 1. The van der Waals surface area contributed by atoms with Gasteiger partial charge in [-0.1, -0.05) is 6.07 Å². The summed E-state index contributed by atoms with van der Waals surface area (Å²) in [6.45, 7) is 0. The fourth-order valence-electron chi connectivity index (χ4n) is 2.00. The van der Waals surface area contributed by atoms with Crippen LogP contribution in [0.4, 0.5) is 0 Å². The van der Waals surface area contributed by atoms with Crippen LogP contribution in [0.1, 0.15) is 22.0 Å². The van der Waals surface area contributed by atoms with E-state index in [4.69, 9.17) is 9.47 Å². The summed E-state index contributed by atoms with van der Waals surface area (Å²) in [5.41, 5.74) is 0.473. The molecule has 0 aliphatic carbocycles. The molecule has 3 N–H and O–H groups in total. The molecule has 0 heterocycles. The molecule has 0 spiro atoms. The van der Waals surface area contributed by atoms with Crippen molar-refractivity contribution in [2.24, 2.45) is 0 Å². The van der Waals surface area contributed by atoms with Crippen molar-refractivity contribution in [3.63, 3.8) is 0 Å². The number of phenols is 2. The van der Waals surface area contributed by atoms with Crippen molar-refractivity contribution in [1.29, 1.82) is 0 Å². The molecule has 116 valence electrons. The van der Waals surface area contributed by atoms with Crippen LogP contribution in [0.3, 0.4) is 0 Å². The Bertz CT molecular complexity index is 695. The van der Waals surface area contributed by atoms with E-state index in [0.717, 1.165) is 0 Å². The number of aliphatic hydroxyl groups excluding tert-OH is 1. The first-order chi connectivity index (χ1) is 10.5. The lowest BCUT2D eigenvalue weighted by atomic mass is 9.99. The Morgan fingerprint density at radius 1 is 0.955 bits per heavy atom. The quantitative estimate of drug-likeness (QED) is 0.731. The van der Waals surface area contributed by atoms with Crippen LogP contribution in [-0.4, -0.2) is 35.3 Å². The SMILES string of the molecule is COc1cc(C(=O)[C@@H](O)c2ccc(O)c(OC)c2)ccc1O.